The quantitative estimate of drug-likeness (QED) is 0.632. The van der Waals surface area contributed by atoms with Crippen LogP contribution >= 0.6 is 50.5 Å². The summed E-state index contributed by atoms with van der Waals surface area (Å²) in [7, 11) is 0. The summed E-state index contributed by atoms with van der Waals surface area (Å²) in [5.41, 5.74) is 1.09. The molecule has 84 valence electrons. The van der Waals surface area contributed by atoms with Crippen LogP contribution in [0.4, 0.5) is 0 Å². The van der Waals surface area contributed by atoms with Gasteiger partial charge in [0.25, 0.3) is 0 Å². The smallest absolute Gasteiger partial charge is 0.0719 e. The summed E-state index contributed by atoms with van der Waals surface area (Å²) in [6.45, 7) is 0. The molecule has 0 fully saturated rings. The number of hydrogen-bond acceptors (Lipinski definition) is 1. The Balaban J connectivity index is 2.13. The van der Waals surface area contributed by atoms with Gasteiger partial charge in [0.15, 0.2) is 0 Å². The third-order valence-corrected chi connectivity index (χ3v) is 4.88. The fourth-order valence-electron chi connectivity index (χ4n) is 1.45. The molecular weight excluding hydrogens is 327 g/mol. The molecule has 0 aliphatic heterocycles. The highest BCUT2D eigenvalue weighted by atomic mass is 79.9. The summed E-state index contributed by atoms with van der Waals surface area (Å²) in [6, 6.07) is 11.9. The van der Waals surface area contributed by atoms with Crippen molar-refractivity contribution in [3.63, 3.8) is 0 Å². The van der Waals surface area contributed by atoms with Gasteiger partial charge in [-0.3, -0.25) is 0 Å². The zero-order chi connectivity index (χ0) is 11.5. The molecule has 0 bridgehead atoms. The maximum absolute atomic E-state index is 6.36. The van der Waals surface area contributed by atoms with Crippen LogP contribution in [0, 0.1) is 0 Å². The lowest BCUT2D eigenvalue weighted by molar-refractivity contribution is 0.940. The van der Waals surface area contributed by atoms with E-state index in [9.17, 15) is 0 Å². The Morgan fingerprint density at radius 3 is 2.56 bits per heavy atom. The molecule has 0 saturated carbocycles. The van der Waals surface area contributed by atoms with Gasteiger partial charge >= 0.3 is 0 Å². The Hall–Kier alpha value is -0.0200. The van der Waals surface area contributed by atoms with Crippen LogP contribution in [-0.2, 0) is 6.42 Å². The van der Waals surface area contributed by atoms with Crippen LogP contribution in [0.15, 0.2) is 40.2 Å². The van der Waals surface area contributed by atoms with Gasteiger partial charge in [-0.05, 0) is 46.1 Å². The van der Waals surface area contributed by atoms with Crippen molar-refractivity contribution in [2.24, 2.45) is 0 Å². The summed E-state index contributed by atoms with van der Waals surface area (Å²) >= 11 is 17.6. The second-order valence-corrected chi connectivity index (χ2v) is 6.83. The number of halogens is 3. The molecule has 0 nitrogen and oxygen atoms in total. The normalized spacial score (nSPS) is 12.7. The van der Waals surface area contributed by atoms with Gasteiger partial charge in [0.1, 0.15) is 0 Å². The van der Waals surface area contributed by atoms with Crippen LogP contribution in [0.5, 0.6) is 0 Å². The van der Waals surface area contributed by atoms with Crippen molar-refractivity contribution in [1.29, 1.82) is 0 Å². The first kappa shape index (κ1) is 12.4. The van der Waals surface area contributed by atoms with Gasteiger partial charge in [-0.1, -0.05) is 29.8 Å². The van der Waals surface area contributed by atoms with Crippen LogP contribution < -0.4 is 0 Å². The minimum Gasteiger partial charge on any atom is -0.132 e. The molecule has 0 N–H and O–H groups in total. The third kappa shape index (κ3) is 3.01. The minimum absolute atomic E-state index is 0.0174. The second-order valence-electron chi connectivity index (χ2n) is 3.40. The molecule has 0 aliphatic carbocycles. The van der Waals surface area contributed by atoms with Crippen LogP contribution in [0.2, 0.25) is 5.02 Å². The average molecular weight is 336 g/mol. The van der Waals surface area contributed by atoms with Crippen LogP contribution in [0.25, 0.3) is 0 Å². The van der Waals surface area contributed by atoms with E-state index in [1.54, 1.807) is 11.3 Å². The van der Waals surface area contributed by atoms with Gasteiger partial charge in [0.2, 0.25) is 0 Å². The van der Waals surface area contributed by atoms with E-state index in [4.69, 9.17) is 23.2 Å². The van der Waals surface area contributed by atoms with E-state index in [1.807, 2.05) is 36.4 Å². The van der Waals surface area contributed by atoms with E-state index in [0.29, 0.717) is 0 Å². The van der Waals surface area contributed by atoms with Gasteiger partial charge in [-0.2, -0.15) is 0 Å². The highest BCUT2D eigenvalue weighted by Crippen LogP contribution is 2.34. The molecular formula is C12H9BrCl2S. The summed E-state index contributed by atoms with van der Waals surface area (Å²) in [5.74, 6) is 0. The molecule has 0 saturated heterocycles. The highest BCUT2D eigenvalue weighted by molar-refractivity contribution is 9.11. The molecule has 0 amide bonds. The lowest BCUT2D eigenvalue weighted by Crippen LogP contribution is -1.93. The fraction of sp³-hybridized carbons (Fsp3) is 0.167. The van der Waals surface area contributed by atoms with Gasteiger partial charge in [-0.25, -0.2) is 0 Å². The predicted octanol–water partition coefficient (Wildman–Crippen LogP) is 5.69. The van der Waals surface area contributed by atoms with Crippen LogP contribution in [0.1, 0.15) is 15.8 Å². The molecule has 4 heteroatoms. The monoisotopic (exact) mass is 334 g/mol. The zero-order valence-electron chi connectivity index (χ0n) is 8.29. The Morgan fingerprint density at radius 2 is 1.94 bits per heavy atom. The molecule has 2 aromatic rings. The van der Waals surface area contributed by atoms with Crippen molar-refractivity contribution in [3.05, 3.63) is 55.6 Å². The number of alkyl halides is 1. The lowest BCUT2D eigenvalue weighted by atomic mass is 10.1. The van der Waals surface area contributed by atoms with Crippen molar-refractivity contribution in [3.8, 4) is 0 Å². The molecule has 0 radical (unpaired) electrons. The molecule has 1 aromatic carbocycles. The molecule has 1 atom stereocenters. The number of benzene rings is 1. The number of thiophene rings is 1. The molecule has 0 aliphatic rings. The van der Waals surface area contributed by atoms with E-state index in [2.05, 4.69) is 15.9 Å². The molecule has 16 heavy (non-hydrogen) atoms. The Bertz CT molecular complexity index is 481. The standard InChI is InChI=1S/C12H9BrCl2S/c13-12-6-5-11(16-12)10(15)7-8-3-1-2-4-9(8)14/h1-6,10H,7H2. The number of rotatable bonds is 3. The number of hydrogen-bond donors (Lipinski definition) is 0. The first-order valence-corrected chi connectivity index (χ1v) is 7.22. The Kier molecular flexibility index (Phi) is 4.31. The van der Waals surface area contributed by atoms with Gasteiger partial charge in [-0.15, -0.1) is 22.9 Å². The molecule has 2 rings (SSSR count). The van der Waals surface area contributed by atoms with E-state index in [-0.39, 0.29) is 5.38 Å². The van der Waals surface area contributed by atoms with E-state index >= 15 is 0 Å². The van der Waals surface area contributed by atoms with Crippen molar-refractivity contribution in [2.45, 2.75) is 11.8 Å². The fourth-order valence-corrected chi connectivity index (χ4v) is 3.44. The molecule has 1 unspecified atom stereocenters. The maximum atomic E-state index is 6.36. The van der Waals surface area contributed by atoms with Gasteiger partial charge in [0.05, 0.1) is 9.16 Å². The van der Waals surface area contributed by atoms with Crippen molar-refractivity contribution < 1.29 is 0 Å². The largest absolute Gasteiger partial charge is 0.132 e. The SMILES string of the molecule is Clc1ccccc1CC(Cl)c1ccc(Br)s1. The van der Waals surface area contributed by atoms with E-state index in [1.165, 1.54) is 0 Å². The van der Waals surface area contributed by atoms with Crippen molar-refractivity contribution in [1.82, 2.24) is 0 Å². The highest BCUT2D eigenvalue weighted by Gasteiger charge is 2.12. The van der Waals surface area contributed by atoms with Crippen molar-refractivity contribution in [2.75, 3.05) is 0 Å². The van der Waals surface area contributed by atoms with E-state index in [0.717, 1.165) is 25.7 Å². The topological polar surface area (TPSA) is 0 Å². The Morgan fingerprint density at radius 1 is 1.19 bits per heavy atom. The summed E-state index contributed by atoms with van der Waals surface area (Å²) in [4.78, 5) is 1.16. The van der Waals surface area contributed by atoms with Gasteiger partial charge in [0, 0.05) is 9.90 Å². The second kappa shape index (κ2) is 5.54. The third-order valence-electron chi connectivity index (χ3n) is 2.26. The molecule has 1 aromatic heterocycles. The minimum atomic E-state index is -0.0174. The first-order valence-electron chi connectivity index (χ1n) is 4.79. The average Bonchev–Trinajstić information content (AvgIpc) is 2.68. The summed E-state index contributed by atoms with van der Waals surface area (Å²) in [6.07, 6.45) is 0.758. The lowest BCUT2D eigenvalue weighted by Gasteiger charge is -2.08. The van der Waals surface area contributed by atoms with Crippen LogP contribution in [0.3, 0.4) is 0 Å². The zero-order valence-corrected chi connectivity index (χ0v) is 12.2. The predicted molar refractivity (Wildman–Crippen MR) is 75.8 cm³/mol. The molecule has 0 spiro atoms. The van der Waals surface area contributed by atoms with Crippen molar-refractivity contribution >= 4 is 50.5 Å². The summed E-state index contributed by atoms with van der Waals surface area (Å²) in [5, 5.41) is 0.764. The van der Waals surface area contributed by atoms with Gasteiger partial charge < -0.3 is 0 Å². The maximum Gasteiger partial charge on any atom is 0.0719 e. The Labute approximate surface area is 117 Å². The first-order chi connectivity index (χ1) is 7.66. The van der Waals surface area contributed by atoms with Crippen LogP contribution in [-0.4, -0.2) is 0 Å². The summed E-state index contributed by atoms with van der Waals surface area (Å²) < 4.78 is 1.10. The van der Waals surface area contributed by atoms with E-state index < -0.39 is 0 Å². The molecule has 1 heterocycles.